The van der Waals surface area contributed by atoms with Crippen LogP contribution >= 0.6 is 0 Å². The highest BCUT2D eigenvalue weighted by Gasteiger charge is 2.43. The molecule has 196 valence electrons. The number of pyridine rings is 1. The quantitative estimate of drug-likeness (QED) is 0.294. The van der Waals surface area contributed by atoms with E-state index in [1.165, 1.54) is 17.2 Å². The van der Waals surface area contributed by atoms with Gasteiger partial charge in [0, 0.05) is 38.1 Å². The van der Waals surface area contributed by atoms with Gasteiger partial charge in [0.05, 0.1) is 11.6 Å². The molecule has 4 rings (SSSR count). The highest BCUT2D eigenvalue weighted by molar-refractivity contribution is 5.99. The third-order valence-corrected chi connectivity index (χ3v) is 5.29. The molecular weight excluding hydrogens is 512 g/mol. The Balaban J connectivity index is 1.68. The summed E-state index contributed by atoms with van der Waals surface area (Å²) < 4.78 is 90.0. The molecule has 1 aliphatic heterocycles. The standard InChI is InChI=1S/C22H17F6N5O4/c23-21(24,25)16-7-12(9-29)8-17(31-16)36-15-4-1-3-14(18(15)37-20(35)22(26,27)28)19(34)32-10-13(11-32)33-6-2-5-30-33/h1-8,13H,9-11,29H2. The Morgan fingerprint density at radius 1 is 1.08 bits per heavy atom. The molecule has 1 saturated heterocycles. The Hall–Kier alpha value is -4.14. The first-order chi connectivity index (χ1) is 17.4. The second-order valence-corrected chi connectivity index (χ2v) is 7.87. The molecule has 0 aliphatic carbocycles. The Morgan fingerprint density at radius 2 is 1.81 bits per heavy atom. The number of para-hydroxylation sites is 1. The number of nitrogens with two attached hydrogens (primary N) is 1. The van der Waals surface area contributed by atoms with Crippen LogP contribution in [0.15, 0.2) is 48.8 Å². The monoisotopic (exact) mass is 529 g/mol. The van der Waals surface area contributed by atoms with Crippen LogP contribution in [0.4, 0.5) is 26.3 Å². The van der Waals surface area contributed by atoms with Crippen molar-refractivity contribution in [1.82, 2.24) is 19.7 Å². The van der Waals surface area contributed by atoms with Crippen molar-refractivity contribution < 1.29 is 45.4 Å². The first-order valence-corrected chi connectivity index (χ1v) is 10.5. The number of halogens is 6. The number of esters is 1. The Morgan fingerprint density at radius 3 is 2.41 bits per heavy atom. The Bertz CT molecular complexity index is 1300. The molecule has 3 aromatic rings. The summed E-state index contributed by atoms with van der Waals surface area (Å²) in [6.07, 6.45) is -7.10. The molecule has 3 heterocycles. The number of aromatic nitrogens is 3. The topological polar surface area (TPSA) is 113 Å². The van der Waals surface area contributed by atoms with E-state index in [-0.39, 0.29) is 31.2 Å². The lowest BCUT2D eigenvalue weighted by molar-refractivity contribution is -0.189. The summed E-state index contributed by atoms with van der Waals surface area (Å²) in [4.78, 5) is 29.3. The van der Waals surface area contributed by atoms with Crippen molar-refractivity contribution in [2.45, 2.75) is 24.9 Å². The van der Waals surface area contributed by atoms with Crippen LogP contribution in [-0.2, 0) is 17.5 Å². The number of hydrogen-bond donors (Lipinski definition) is 1. The molecule has 9 nitrogen and oxygen atoms in total. The van der Waals surface area contributed by atoms with Crippen LogP contribution in [0.3, 0.4) is 0 Å². The van der Waals surface area contributed by atoms with Gasteiger partial charge in [-0.2, -0.15) is 31.4 Å². The van der Waals surface area contributed by atoms with Crippen molar-refractivity contribution in [3.05, 3.63) is 65.6 Å². The Kier molecular flexibility index (Phi) is 6.82. The van der Waals surface area contributed by atoms with Crippen molar-refractivity contribution in [1.29, 1.82) is 0 Å². The highest BCUT2D eigenvalue weighted by Crippen LogP contribution is 2.39. The number of nitrogens with zero attached hydrogens (tertiary/aromatic N) is 4. The number of ether oxygens (including phenoxy) is 2. The summed E-state index contributed by atoms with van der Waals surface area (Å²) in [7, 11) is 0. The third kappa shape index (κ3) is 5.66. The zero-order valence-electron chi connectivity index (χ0n) is 18.6. The molecule has 15 heteroatoms. The van der Waals surface area contributed by atoms with Crippen LogP contribution in [0.1, 0.15) is 27.7 Å². The SMILES string of the molecule is NCc1cc(Oc2cccc(C(=O)N3CC(n4cccn4)C3)c2OC(=O)C(F)(F)F)nc(C(F)(F)F)c1. The molecule has 0 radical (unpaired) electrons. The van der Waals surface area contributed by atoms with Gasteiger partial charge in [0.25, 0.3) is 5.91 Å². The number of rotatable bonds is 6. The van der Waals surface area contributed by atoms with Gasteiger partial charge in [0.2, 0.25) is 5.88 Å². The van der Waals surface area contributed by atoms with Gasteiger partial charge in [0.15, 0.2) is 11.5 Å². The van der Waals surface area contributed by atoms with Crippen molar-refractivity contribution >= 4 is 11.9 Å². The van der Waals surface area contributed by atoms with E-state index in [4.69, 9.17) is 10.5 Å². The average Bonchev–Trinajstić information content (AvgIpc) is 3.32. The number of hydrogen-bond acceptors (Lipinski definition) is 7. The van der Waals surface area contributed by atoms with Gasteiger partial charge in [0.1, 0.15) is 5.69 Å². The van der Waals surface area contributed by atoms with Gasteiger partial charge in [-0.05, 0) is 29.8 Å². The number of carbonyl (C=O) groups excluding carboxylic acids is 2. The zero-order chi connectivity index (χ0) is 27.0. The maximum Gasteiger partial charge on any atom is 0.491 e. The molecule has 1 amide bonds. The lowest BCUT2D eigenvalue weighted by Gasteiger charge is -2.39. The predicted molar refractivity (Wildman–Crippen MR) is 113 cm³/mol. The molecule has 0 unspecified atom stereocenters. The lowest BCUT2D eigenvalue weighted by atomic mass is 10.1. The number of likely N-dealkylation sites (tertiary alicyclic amines) is 1. The van der Waals surface area contributed by atoms with E-state index >= 15 is 0 Å². The van der Waals surface area contributed by atoms with Gasteiger partial charge >= 0.3 is 18.3 Å². The van der Waals surface area contributed by atoms with Crippen LogP contribution in [0, 0.1) is 0 Å². The molecule has 1 aliphatic rings. The summed E-state index contributed by atoms with van der Waals surface area (Å²) in [5.74, 6) is -5.70. The van der Waals surface area contributed by atoms with E-state index < -0.39 is 52.9 Å². The summed E-state index contributed by atoms with van der Waals surface area (Å²) in [6.45, 7) is -0.0105. The molecule has 0 saturated carbocycles. The van der Waals surface area contributed by atoms with Gasteiger partial charge < -0.3 is 20.1 Å². The number of amides is 1. The first kappa shape index (κ1) is 25.9. The third-order valence-electron chi connectivity index (χ3n) is 5.29. The van der Waals surface area contributed by atoms with E-state index in [0.29, 0.717) is 6.07 Å². The zero-order valence-corrected chi connectivity index (χ0v) is 18.6. The van der Waals surface area contributed by atoms with Crippen LogP contribution in [0.25, 0.3) is 0 Å². The molecule has 2 aromatic heterocycles. The molecule has 37 heavy (non-hydrogen) atoms. The second kappa shape index (κ2) is 9.72. The van der Waals surface area contributed by atoms with E-state index in [0.717, 1.165) is 18.2 Å². The van der Waals surface area contributed by atoms with E-state index in [2.05, 4.69) is 14.8 Å². The lowest BCUT2D eigenvalue weighted by Crippen LogP contribution is -2.51. The molecule has 1 aromatic carbocycles. The summed E-state index contributed by atoms with van der Waals surface area (Å²) in [5, 5.41) is 4.06. The highest BCUT2D eigenvalue weighted by atomic mass is 19.4. The summed E-state index contributed by atoms with van der Waals surface area (Å²) in [5.41, 5.74) is 3.56. The fourth-order valence-electron chi connectivity index (χ4n) is 3.46. The van der Waals surface area contributed by atoms with Crippen LogP contribution in [-0.4, -0.2) is 50.8 Å². The van der Waals surface area contributed by atoms with Crippen molar-refractivity contribution in [3.63, 3.8) is 0 Å². The van der Waals surface area contributed by atoms with E-state index in [1.807, 2.05) is 0 Å². The Labute approximate surface area is 204 Å². The maximum atomic E-state index is 13.2. The summed E-state index contributed by atoms with van der Waals surface area (Å²) in [6, 6.07) is 6.53. The fourth-order valence-corrected chi connectivity index (χ4v) is 3.46. The maximum absolute atomic E-state index is 13.2. The van der Waals surface area contributed by atoms with Crippen LogP contribution < -0.4 is 15.2 Å². The van der Waals surface area contributed by atoms with Gasteiger partial charge in [-0.1, -0.05) is 6.07 Å². The molecule has 2 N–H and O–H groups in total. The largest absolute Gasteiger partial charge is 0.491 e. The number of carbonyl (C=O) groups is 2. The van der Waals surface area contributed by atoms with E-state index in [9.17, 15) is 35.9 Å². The van der Waals surface area contributed by atoms with Gasteiger partial charge in [-0.15, -0.1) is 0 Å². The average molecular weight is 529 g/mol. The second-order valence-electron chi connectivity index (χ2n) is 7.87. The smallest absolute Gasteiger partial charge is 0.435 e. The van der Waals surface area contributed by atoms with Crippen molar-refractivity contribution in [3.8, 4) is 17.4 Å². The minimum Gasteiger partial charge on any atom is -0.435 e. The van der Waals surface area contributed by atoms with Gasteiger partial charge in [-0.3, -0.25) is 9.48 Å². The van der Waals surface area contributed by atoms with Crippen molar-refractivity contribution in [2.24, 2.45) is 5.73 Å². The molecule has 0 atom stereocenters. The van der Waals surface area contributed by atoms with Crippen LogP contribution in [0.5, 0.6) is 17.4 Å². The van der Waals surface area contributed by atoms with Crippen LogP contribution in [0.2, 0.25) is 0 Å². The number of benzene rings is 1. The van der Waals surface area contributed by atoms with Crippen molar-refractivity contribution in [2.75, 3.05) is 13.1 Å². The molecule has 0 bridgehead atoms. The predicted octanol–water partition coefficient (Wildman–Crippen LogP) is 3.71. The van der Waals surface area contributed by atoms with E-state index in [1.54, 1.807) is 16.9 Å². The minimum absolute atomic E-state index is 0.0383. The van der Waals surface area contributed by atoms with Gasteiger partial charge in [-0.25, -0.2) is 9.78 Å². The normalized spacial score (nSPS) is 14.3. The number of alkyl halides is 6. The molecule has 0 spiro atoms. The fraction of sp³-hybridized carbons (Fsp3) is 0.273. The summed E-state index contributed by atoms with van der Waals surface area (Å²) >= 11 is 0. The molecule has 1 fully saturated rings. The minimum atomic E-state index is -5.43. The molecular formula is C22H17F6N5O4. The first-order valence-electron chi connectivity index (χ1n) is 10.5.